The van der Waals surface area contributed by atoms with Crippen LogP contribution in [-0.4, -0.2) is 49.1 Å². The number of halogens is 2. The molecule has 0 bridgehead atoms. The maximum absolute atomic E-state index is 13.5. The number of nitrogens with zero attached hydrogens (tertiary/aromatic N) is 1. The third kappa shape index (κ3) is 9.22. The monoisotopic (exact) mass is 803 g/mol. The van der Waals surface area contributed by atoms with Crippen LogP contribution in [0.3, 0.4) is 0 Å². The average Bonchev–Trinajstić information content (AvgIpc) is 3.35. The molecule has 6 aromatic rings. The number of pyridine rings is 1. The number of ketones is 1. The van der Waals surface area contributed by atoms with Gasteiger partial charge in [0.15, 0.2) is 5.78 Å². The van der Waals surface area contributed by atoms with Crippen molar-refractivity contribution in [3.05, 3.63) is 166 Å². The Morgan fingerprint density at radius 2 is 1.40 bits per heavy atom. The minimum atomic E-state index is -1.32. The molecule has 58 heavy (non-hydrogen) atoms. The van der Waals surface area contributed by atoms with Crippen LogP contribution in [0.15, 0.2) is 125 Å². The van der Waals surface area contributed by atoms with Crippen molar-refractivity contribution in [1.29, 1.82) is 0 Å². The Balaban J connectivity index is 0.000000147. The number of phenols is 1. The predicted molar refractivity (Wildman–Crippen MR) is 211 cm³/mol. The Labute approximate surface area is 335 Å². The molecule has 13 heteroatoms. The Bertz CT molecular complexity index is 2580. The molecule has 294 valence electrons. The second-order valence-electron chi connectivity index (χ2n) is 13.5. The number of carbonyl (C=O) groups excluding carboxylic acids is 1. The molecule has 5 aromatic carbocycles. The highest BCUT2D eigenvalue weighted by Gasteiger charge is 2.23. The maximum atomic E-state index is 13.5. The number of aromatic carboxylic acids is 1. The van der Waals surface area contributed by atoms with Gasteiger partial charge in [-0.25, -0.2) is 18.6 Å². The molecule has 3 heterocycles. The van der Waals surface area contributed by atoms with Gasteiger partial charge in [0.2, 0.25) is 5.88 Å². The summed E-state index contributed by atoms with van der Waals surface area (Å²) in [5, 5.41) is 36.3. The van der Waals surface area contributed by atoms with Gasteiger partial charge in [0, 0.05) is 51.6 Å². The summed E-state index contributed by atoms with van der Waals surface area (Å²) in [6.07, 6.45) is 2.74. The van der Waals surface area contributed by atoms with Crippen LogP contribution in [0, 0.1) is 11.6 Å². The summed E-state index contributed by atoms with van der Waals surface area (Å²) in [5.74, 6) is -4.53. The number of aromatic nitrogens is 1. The first-order chi connectivity index (χ1) is 27.7. The van der Waals surface area contributed by atoms with Crippen molar-refractivity contribution in [2.24, 2.45) is 0 Å². The van der Waals surface area contributed by atoms with Crippen molar-refractivity contribution < 1.29 is 53.1 Å². The fraction of sp³-hybridized carbons (Fsp3) is 0.133. The van der Waals surface area contributed by atoms with E-state index >= 15 is 0 Å². The van der Waals surface area contributed by atoms with Crippen molar-refractivity contribution in [3.63, 3.8) is 0 Å². The topological polar surface area (TPSA) is 171 Å². The van der Waals surface area contributed by atoms with Gasteiger partial charge in [-0.05, 0) is 90.2 Å². The molecule has 0 saturated carbocycles. The van der Waals surface area contributed by atoms with Gasteiger partial charge < -0.3 is 25.2 Å². The van der Waals surface area contributed by atoms with E-state index in [1.165, 1.54) is 12.1 Å². The standard InChI is InChI=1S/C17H14O3S.C15H13NO3.C13H8F2O3/c1-10(17(19)20)11-6-7-15-12(8-11)9-14(18)13-4-2-3-5-16(13)21-15;1-9(15(17)18)10-4-5-13-12(7-10)8-11-3-2-6-16-14(11)19-13;14-8-2-3-9(11(15)6-8)7-1-4-12(16)10(5-7)13(17)18/h2-8,10H,9H2,1H3,(H,19,20);2-7,9H,8H2,1H3,(H,17,18);1-6,16H,(H,17,18). The third-order valence-corrected chi connectivity index (χ3v) is 10.8. The van der Waals surface area contributed by atoms with Crippen LogP contribution in [0.25, 0.3) is 11.1 Å². The fourth-order valence-electron chi connectivity index (χ4n) is 6.23. The molecular formula is C45H35F2NO9S. The third-order valence-electron chi connectivity index (χ3n) is 9.57. The van der Waals surface area contributed by atoms with E-state index in [-0.39, 0.29) is 22.5 Å². The minimum Gasteiger partial charge on any atom is -0.507 e. The first-order valence-electron chi connectivity index (χ1n) is 17.8. The lowest BCUT2D eigenvalue weighted by molar-refractivity contribution is -0.139. The molecule has 2 aliphatic heterocycles. The summed E-state index contributed by atoms with van der Waals surface area (Å²) in [6, 6.07) is 29.2. The van der Waals surface area contributed by atoms with E-state index in [1.807, 2.05) is 66.7 Å². The zero-order chi connectivity index (χ0) is 41.7. The number of hydrogen-bond acceptors (Lipinski definition) is 8. The van der Waals surface area contributed by atoms with Gasteiger partial charge in [-0.1, -0.05) is 66.4 Å². The van der Waals surface area contributed by atoms with E-state index in [2.05, 4.69) is 4.98 Å². The maximum Gasteiger partial charge on any atom is 0.339 e. The van der Waals surface area contributed by atoms with Crippen molar-refractivity contribution in [3.8, 4) is 28.5 Å². The highest BCUT2D eigenvalue weighted by Crippen LogP contribution is 2.39. The van der Waals surface area contributed by atoms with E-state index in [1.54, 1.807) is 37.9 Å². The predicted octanol–water partition coefficient (Wildman–Crippen LogP) is 9.77. The van der Waals surface area contributed by atoms with Crippen molar-refractivity contribution in [2.75, 3.05) is 0 Å². The number of Topliss-reactive ketones (excluding diaryl/α,β-unsaturated/α-hetero) is 1. The van der Waals surface area contributed by atoms with Gasteiger partial charge in [-0.15, -0.1) is 0 Å². The largest absolute Gasteiger partial charge is 0.507 e. The Morgan fingerprint density at radius 3 is 2.09 bits per heavy atom. The molecule has 10 nitrogen and oxygen atoms in total. The fourth-order valence-corrected chi connectivity index (χ4v) is 7.30. The van der Waals surface area contributed by atoms with Crippen LogP contribution < -0.4 is 4.74 Å². The van der Waals surface area contributed by atoms with Crippen molar-refractivity contribution in [2.45, 2.75) is 48.3 Å². The van der Waals surface area contributed by atoms with Gasteiger partial charge >= 0.3 is 17.9 Å². The lowest BCUT2D eigenvalue weighted by Gasteiger charge is -2.20. The summed E-state index contributed by atoms with van der Waals surface area (Å²) >= 11 is 1.57. The Hall–Kier alpha value is -6.86. The number of benzene rings is 5. The molecule has 0 radical (unpaired) electrons. The van der Waals surface area contributed by atoms with Crippen LogP contribution in [0.2, 0.25) is 0 Å². The second-order valence-corrected chi connectivity index (χ2v) is 14.5. The van der Waals surface area contributed by atoms with Gasteiger partial charge in [0.25, 0.3) is 0 Å². The summed E-state index contributed by atoms with van der Waals surface area (Å²) in [6.45, 7) is 3.34. The minimum absolute atomic E-state index is 0.0684. The average molecular weight is 804 g/mol. The molecule has 2 atom stereocenters. The number of fused-ring (bicyclic) bond motifs is 4. The van der Waals surface area contributed by atoms with Gasteiger partial charge in [0.05, 0.1) is 11.8 Å². The molecular weight excluding hydrogens is 769 g/mol. The van der Waals surface area contributed by atoms with Gasteiger partial charge in [-0.2, -0.15) is 0 Å². The molecule has 8 rings (SSSR count). The first kappa shape index (κ1) is 40.8. The lowest BCUT2D eigenvalue weighted by atomic mass is 9.95. The number of rotatable bonds is 6. The van der Waals surface area contributed by atoms with Gasteiger partial charge in [0.1, 0.15) is 28.7 Å². The van der Waals surface area contributed by atoms with Gasteiger partial charge in [-0.3, -0.25) is 14.4 Å². The van der Waals surface area contributed by atoms with Crippen LogP contribution in [0.1, 0.15) is 74.2 Å². The molecule has 2 unspecified atom stereocenters. The van der Waals surface area contributed by atoms with E-state index in [9.17, 15) is 33.1 Å². The molecule has 0 saturated heterocycles. The SMILES string of the molecule is CC(C(=O)O)c1ccc2c(c1)CC(=O)c1ccccc1S2.CC(C(=O)O)c1ccc2c(c1)Cc1cccnc1O2.O=C(O)c1cc(-c2ccc(F)cc2F)ccc1O. The molecule has 0 spiro atoms. The van der Waals surface area contributed by atoms with Crippen LogP contribution in [0.4, 0.5) is 8.78 Å². The summed E-state index contributed by atoms with van der Waals surface area (Å²) in [5.41, 5.74) is 5.19. The zero-order valence-electron chi connectivity index (χ0n) is 31.0. The molecule has 0 fully saturated rings. The van der Waals surface area contributed by atoms with E-state index in [0.29, 0.717) is 18.4 Å². The van der Waals surface area contributed by atoms with Crippen LogP contribution >= 0.6 is 11.8 Å². The quantitative estimate of drug-likeness (QED) is 0.126. The van der Waals surface area contributed by atoms with E-state index < -0.39 is 47.1 Å². The number of ether oxygens (including phenoxy) is 1. The van der Waals surface area contributed by atoms with E-state index in [0.717, 1.165) is 73.5 Å². The first-order valence-corrected chi connectivity index (χ1v) is 18.7. The number of aliphatic carboxylic acids is 2. The van der Waals surface area contributed by atoms with Crippen molar-refractivity contribution >= 4 is 35.5 Å². The van der Waals surface area contributed by atoms with Crippen LogP contribution in [0.5, 0.6) is 17.4 Å². The smallest absolute Gasteiger partial charge is 0.339 e. The summed E-state index contributed by atoms with van der Waals surface area (Å²) < 4.78 is 32.0. The highest BCUT2D eigenvalue weighted by molar-refractivity contribution is 7.99. The second kappa shape index (κ2) is 17.5. The summed E-state index contributed by atoms with van der Waals surface area (Å²) in [7, 11) is 0. The summed E-state index contributed by atoms with van der Waals surface area (Å²) in [4.78, 5) is 51.5. The normalized spacial score (nSPS) is 13.1. The number of aromatic hydroxyl groups is 1. The number of hydrogen-bond donors (Lipinski definition) is 4. The number of carboxylic acids is 3. The Kier molecular flexibility index (Phi) is 12.3. The lowest BCUT2D eigenvalue weighted by Crippen LogP contribution is -2.10. The Morgan fingerprint density at radius 1 is 0.707 bits per heavy atom. The molecule has 0 amide bonds. The number of carbonyl (C=O) groups is 4. The van der Waals surface area contributed by atoms with Crippen molar-refractivity contribution in [1.82, 2.24) is 4.98 Å². The highest BCUT2D eigenvalue weighted by atomic mass is 32.2. The number of carboxylic acid groups (broad SMARTS) is 3. The molecule has 0 aliphatic carbocycles. The molecule has 1 aromatic heterocycles. The molecule has 4 N–H and O–H groups in total. The molecule has 2 aliphatic rings. The van der Waals surface area contributed by atoms with E-state index in [4.69, 9.17) is 20.1 Å². The zero-order valence-corrected chi connectivity index (χ0v) is 31.8. The van der Waals surface area contributed by atoms with Crippen LogP contribution in [-0.2, 0) is 22.4 Å².